The fourth-order valence-electron chi connectivity index (χ4n) is 1.05. The standard InChI is InChI=1S/C10H10F3NO2/c1-7-2-3-9(8(6-15)14-7)16-5-4-10(11,12)13/h2-3,6H,4-5H2,1H3. The van der Waals surface area contributed by atoms with Crippen LogP contribution in [0.1, 0.15) is 22.6 Å². The quantitative estimate of drug-likeness (QED) is 0.750. The number of aldehydes is 1. The summed E-state index contributed by atoms with van der Waals surface area (Å²) < 4.78 is 40.4. The third kappa shape index (κ3) is 3.88. The Morgan fingerprint density at radius 2 is 2.12 bits per heavy atom. The first kappa shape index (κ1) is 12.5. The van der Waals surface area contributed by atoms with Gasteiger partial charge in [-0.05, 0) is 19.1 Å². The number of hydrogen-bond acceptors (Lipinski definition) is 3. The molecule has 0 unspecified atom stereocenters. The Hall–Kier alpha value is -1.59. The van der Waals surface area contributed by atoms with Crippen molar-refractivity contribution in [2.24, 2.45) is 0 Å². The molecule has 0 aromatic carbocycles. The minimum absolute atomic E-state index is 0.0159. The first-order valence-corrected chi connectivity index (χ1v) is 4.55. The number of aromatic nitrogens is 1. The lowest BCUT2D eigenvalue weighted by atomic mass is 10.3. The highest BCUT2D eigenvalue weighted by molar-refractivity contribution is 5.76. The van der Waals surface area contributed by atoms with Crippen LogP contribution in [0.5, 0.6) is 5.75 Å². The largest absolute Gasteiger partial charge is 0.491 e. The van der Waals surface area contributed by atoms with Gasteiger partial charge in [0.2, 0.25) is 0 Å². The first-order chi connectivity index (χ1) is 7.42. The van der Waals surface area contributed by atoms with Gasteiger partial charge >= 0.3 is 6.18 Å². The van der Waals surface area contributed by atoms with Crippen LogP contribution >= 0.6 is 0 Å². The SMILES string of the molecule is Cc1ccc(OCCC(F)(F)F)c(C=O)n1. The van der Waals surface area contributed by atoms with E-state index in [1.54, 1.807) is 13.0 Å². The number of rotatable bonds is 4. The fourth-order valence-corrected chi connectivity index (χ4v) is 1.05. The van der Waals surface area contributed by atoms with Crippen LogP contribution in [0, 0.1) is 6.92 Å². The molecule has 0 bridgehead atoms. The molecule has 1 aromatic rings. The summed E-state index contributed by atoms with van der Waals surface area (Å²) in [6.07, 6.45) is -4.87. The van der Waals surface area contributed by atoms with Crippen molar-refractivity contribution >= 4 is 6.29 Å². The topological polar surface area (TPSA) is 39.2 Å². The van der Waals surface area contributed by atoms with Gasteiger partial charge in [-0.1, -0.05) is 0 Å². The molecule has 6 heteroatoms. The van der Waals surface area contributed by atoms with E-state index in [-0.39, 0.29) is 11.4 Å². The highest BCUT2D eigenvalue weighted by Gasteiger charge is 2.27. The third-order valence-corrected chi connectivity index (χ3v) is 1.78. The molecule has 1 aromatic heterocycles. The molecule has 0 amide bonds. The van der Waals surface area contributed by atoms with Crippen molar-refractivity contribution in [3.63, 3.8) is 0 Å². The van der Waals surface area contributed by atoms with E-state index in [2.05, 4.69) is 4.98 Å². The summed E-state index contributed by atoms with van der Waals surface area (Å²) in [7, 11) is 0. The molecule has 0 aliphatic rings. The summed E-state index contributed by atoms with van der Waals surface area (Å²) in [5.41, 5.74) is 0.618. The van der Waals surface area contributed by atoms with Crippen LogP contribution in [0.25, 0.3) is 0 Å². The molecule has 0 N–H and O–H groups in total. The van der Waals surface area contributed by atoms with Crippen molar-refractivity contribution in [1.29, 1.82) is 0 Å². The van der Waals surface area contributed by atoms with Gasteiger partial charge in [0, 0.05) is 5.69 Å². The minimum Gasteiger partial charge on any atom is -0.491 e. The molecule has 16 heavy (non-hydrogen) atoms. The van der Waals surface area contributed by atoms with E-state index < -0.39 is 19.2 Å². The normalized spacial score (nSPS) is 11.2. The number of alkyl halides is 3. The lowest BCUT2D eigenvalue weighted by Gasteiger charge is -2.09. The van der Waals surface area contributed by atoms with E-state index in [4.69, 9.17) is 4.74 Å². The highest BCUT2D eigenvalue weighted by Crippen LogP contribution is 2.21. The van der Waals surface area contributed by atoms with Crippen LogP contribution in [0.4, 0.5) is 13.2 Å². The van der Waals surface area contributed by atoms with Crippen LogP contribution in [0.3, 0.4) is 0 Å². The number of pyridine rings is 1. The Labute approximate surface area is 90.2 Å². The second-order valence-corrected chi connectivity index (χ2v) is 3.17. The van der Waals surface area contributed by atoms with Crippen LogP contribution < -0.4 is 4.74 Å². The Balaban J connectivity index is 2.63. The Morgan fingerprint density at radius 3 is 2.69 bits per heavy atom. The maximum absolute atomic E-state index is 11.8. The van der Waals surface area contributed by atoms with E-state index in [0.29, 0.717) is 12.0 Å². The average molecular weight is 233 g/mol. The summed E-state index contributed by atoms with van der Waals surface area (Å²) in [4.78, 5) is 14.4. The van der Waals surface area contributed by atoms with Gasteiger partial charge in [0.05, 0.1) is 13.0 Å². The zero-order chi connectivity index (χ0) is 12.2. The smallest absolute Gasteiger partial charge is 0.392 e. The molecule has 1 rings (SSSR count). The molecular formula is C10H10F3NO2. The maximum Gasteiger partial charge on any atom is 0.392 e. The van der Waals surface area contributed by atoms with Crippen molar-refractivity contribution in [2.75, 3.05) is 6.61 Å². The number of nitrogens with zero attached hydrogens (tertiary/aromatic N) is 1. The van der Waals surface area contributed by atoms with Crippen LogP contribution in [-0.4, -0.2) is 24.1 Å². The number of ether oxygens (including phenoxy) is 1. The van der Waals surface area contributed by atoms with Crippen molar-refractivity contribution < 1.29 is 22.7 Å². The molecule has 0 spiro atoms. The molecular weight excluding hydrogens is 223 g/mol. The predicted molar refractivity (Wildman–Crippen MR) is 50.5 cm³/mol. The summed E-state index contributed by atoms with van der Waals surface area (Å²) >= 11 is 0. The van der Waals surface area contributed by atoms with Crippen molar-refractivity contribution in [2.45, 2.75) is 19.5 Å². The van der Waals surface area contributed by atoms with Crippen molar-refractivity contribution in [3.05, 3.63) is 23.5 Å². The molecule has 0 aliphatic heterocycles. The molecule has 0 saturated heterocycles. The Morgan fingerprint density at radius 1 is 1.44 bits per heavy atom. The van der Waals surface area contributed by atoms with Crippen molar-refractivity contribution in [1.82, 2.24) is 4.98 Å². The summed E-state index contributed by atoms with van der Waals surface area (Å²) in [5.74, 6) is 0.0739. The van der Waals surface area contributed by atoms with Gasteiger partial charge in [0.25, 0.3) is 0 Å². The van der Waals surface area contributed by atoms with E-state index in [9.17, 15) is 18.0 Å². The van der Waals surface area contributed by atoms with E-state index >= 15 is 0 Å². The molecule has 3 nitrogen and oxygen atoms in total. The van der Waals surface area contributed by atoms with Gasteiger partial charge in [0.15, 0.2) is 6.29 Å². The fraction of sp³-hybridized carbons (Fsp3) is 0.400. The molecule has 0 radical (unpaired) electrons. The number of halogens is 3. The zero-order valence-corrected chi connectivity index (χ0v) is 8.54. The van der Waals surface area contributed by atoms with Gasteiger partial charge in [-0.25, -0.2) is 4.98 Å². The van der Waals surface area contributed by atoms with Gasteiger partial charge < -0.3 is 4.74 Å². The summed E-state index contributed by atoms with van der Waals surface area (Å²) in [5, 5.41) is 0. The van der Waals surface area contributed by atoms with Gasteiger partial charge in [-0.15, -0.1) is 0 Å². The third-order valence-electron chi connectivity index (χ3n) is 1.78. The van der Waals surface area contributed by atoms with Crippen molar-refractivity contribution in [3.8, 4) is 5.75 Å². The number of hydrogen-bond donors (Lipinski definition) is 0. The first-order valence-electron chi connectivity index (χ1n) is 4.55. The molecule has 88 valence electrons. The second kappa shape index (κ2) is 4.96. The second-order valence-electron chi connectivity index (χ2n) is 3.17. The molecule has 0 atom stereocenters. The average Bonchev–Trinajstić information content (AvgIpc) is 2.18. The number of carbonyl (C=O) groups excluding carboxylic acids is 1. The lowest BCUT2D eigenvalue weighted by Crippen LogP contribution is -2.13. The summed E-state index contributed by atoms with van der Waals surface area (Å²) in [6.45, 7) is 1.15. The minimum atomic E-state index is -4.26. The van der Waals surface area contributed by atoms with Crippen LogP contribution in [0.15, 0.2) is 12.1 Å². The Kier molecular flexibility index (Phi) is 3.87. The monoisotopic (exact) mass is 233 g/mol. The molecule has 1 heterocycles. The molecule has 0 aliphatic carbocycles. The van der Waals surface area contributed by atoms with E-state index in [1.165, 1.54) is 6.07 Å². The zero-order valence-electron chi connectivity index (χ0n) is 8.54. The predicted octanol–water partition coefficient (Wildman–Crippen LogP) is 2.53. The number of carbonyl (C=O) groups is 1. The molecule has 0 fully saturated rings. The highest BCUT2D eigenvalue weighted by atomic mass is 19.4. The Bertz CT molecular complexity index is 377. The van der Waals surface area contributed by atoms with Gasteiger partial charge in [-0.2, -0.15) is 13.2 Å². The molecule has 0 saturated carbocycles. The van der Waals surface area contributed by atoms with Gasteiger partial charge in [-0.3, -0.25) is 4.79 Å². The van der Waals surface area contributed by atoms with Crippen LogP contribution in [-0.2, 0) is 0 Å². The van der Waals surface area contributed by atoms with Crippen LogP contribution in [0.2, 0.25) is 0 Å². The maximum atomic E-state index is 11.8. The summed E-state index contributed by atoms with van der Waals surface area (Å²) in [6, 6.07) is 3.00. The lowest BCUT2D eigenvalue weighted by molar-refractivity contribution is -0.139. The van der Waals surface area contributed by atoms with E-state index in [1.807, 2.05) is 0 Å². The number of aryl methyl sites for hydroxylation is 1. The van der Waals surface area contributed by atoms with E-state index in [0.717, 1.165) is 0 Å². The van der Waals surface area contributed by atoms with Gasteiger partial charge in [0.1, 0.15) is 11.4 Å².